The van der Waals surface area contributed by atoms with Crippen LogP contribution < -0.4 is 14.8 Å². The third-order valence-corrected chi connectivity index (χ3v) is 6.55. The summed E-state index contributed by atoms with van der Waals surface area (Å²) in [7, 11) is 1.54. The average Bonchev–Trinajstić information content (AvgIpc) is 2.83. The van der Waals surface area contributed by atoms with Crippen molar-refractivity contribution in [2.45, 2.75) is 11.9 Å². The summed E-state index contributed by atoms with van der Waals surface area (Å²) in [6, 6.07) is 8.25. The van der Waals surface area contributed by atoms with Gasteiger partial charge in [0.05, 0.1) is 31.5 Å². The Bertz CT molecular complexity index is 1190. The maximum atomic E-state index is 14.3. The lowest BCUT2D eigenvalue weighted by Crippen LogP contribution is -2.44. The first-order chi connectivity index (χ1) is 16.4. The molecule has 1 aliphatic rings. The number of nitrogens with zero attached hydrogens (tertiary/aromatic N) is 3. The van der Waals surface area contributed by atoms with Crippen molar-refractivity contribution in [3.63, 3.8) is 0 Å². The van der Waals surface area contributed by atoms with Crippen molar-refractivity contribution < 1.29 is 27.4 Å². The van der Waals surface area contributed by atoms with Crippen molar-refractivity contribution in [2.75, 3.05) is 45.3 Å². The molecule has 34 heavy (non-hydrogen) atoms. The van der Waals surface area contributed by atoms with Gasteiger partial charge in [-0.1, -0.05) is 15.9 Å². The van der Waals surface area contributed by atoms with Crippen molar-refractivity contribution in [1.82, 2.24) is 14.9 Å². The van der Waals surface area contributed by atoms with Crippen LogP contribution in [0.3, 0.4) is 0 Å². The molecule has 2 N–H and O–H groups in total. The number of methoxy groups -OCH3 is 1. The highest BCUT2D eigenvalue weighted by atomic mass is 79.9. The Labute approximate surface area is 207 Å². The lowest BCUT2D eigenvalue weighted by atomic mass is 10.2. The maximum absolute atomic E-state index is 14.3. The Morgan fingerprint density at radius 3 is 2.94 bits per heavy atom. The molecule has 1 aliphatic heterocycles. The molecule has 0 saturated carbocycles. The van der Waals surface area contributed by atoms with Crippen LogP contribution in [0.1, 0.15) is 6.42 Å². The van der Waals surface area contributed by atoms with Crippen LogP contribution in [0.25, 0.3) is 10.9 Å². The number of hydrogen-bond acceptors (Lipinski definition) is 8. The van der Waals surface area contributed by atoms with Gasteiger partial charge in [-0.3, -0.25) is 4.90 Å². The van der Waals surface area contributed by atoms with E-state index in [0.717, 1.165) is 0 Å². The standard InChI is InChI=1S/C22H24BrFN4O5S/c1-31-19-10-15-18(25-13-26-22(15)27-17-4-3-14(23)9-16(17)24)11-20(19)32-7-2-5-28-6-8-33-21(12-28)34(29)30/h3-4,9-11,13,21H,2,5-8,12H2,1H3,(H,29,30)(H,25,26,27). The summed E-state index contributed by atoms with van der Waals surface area (Å²) in [5.41, 5.74) is 0.230. The van der Waals surface area contributed by atoms with E-state index in [1.165, 1.54) is 12.4 Å². The first-order valence-corrected chi connectivity index (χ1v) is 12.5. The predicted molar refractivity (Wildman–Crippen MR) is 131 cm³/mol. The van der Waals surface area contributed by atoms with Crippen LogP contribution in [0.5, 0.6) is 11.5 Å². The molecule has 2 aromatic carbocycles. The highest BCUT2D eigenvalue weighted by molar-refractivity contribution is 9.10. The van der Waals surface area contributed by atoms with Gasteiger partial charge < -0.3 is 24.1 Å². The van der Waals surface area contributed by atoms with Crippen molar-refractivity contribution in [1.29, 1.82) is 0 Å². The van der Waals surface area contributed by atoms with Crippen molar-refractivity contribution in [2.24, 2.45) is 0 Å². The zero-order valence-electron chi connectivity index (χ0n) is 18.4. The van der Waals surface area contributed by atoms with E-state index in [1.807, 2.05) is 0 Å². The van der Waals surface area contributed by atoms with E-state index < -0.39 is 22.3 Å². The molecule has 2 atom stereocenters. The van der Waals surface area contributed by atoms with E-state index in [0.29, 0.717) is 72.0 Å². The third-order valence-electron chi connectivity index (χ3n) is 5.32. The van der Waals surface area contributed by atoms with Gasteiger partial charge in [-0.15, -0.1) is 0 Å². The van der Waals surface area contributed by atoms with Crippen molar-refractivity contribution in [3.8, 4) is 11.5 Å². The molecule has 1 saturated heterocycles. The largest absolute Gasteiger partial charge is 0.493 e. The fraction of sp³-hybridized carbons (Fsp3) is 0.364. The summed E-state index contributed by atoms with van der Waals surface area (Å²) in [4.78, 5) is 10.7. The van der Waals surface area contributed by atoms with Gasteiger partial charge in [-0.2, -0.15) is 0 Å². The van der Waals surface area contributed by atoms with E-state index in [-0.39, 0.29) is 5.69 Å². The number of aromatic nitrogens is 2. The number of rotatable bonds is 9. The quantitative estimate of drug-likeness (QED) is 0.300. The number of anilines is 2. The topological polar surface area (TPSA) is 106 Å². The molecule has 2 heterocycles. The molecule has 1 aromatic heterocycles. The molecule has 182 valence electrons. The number of nitrogens with one attached hydrogen (secondary N) is 1. The molecular formula is C22H24BrFN4O5S. The number of morpholine rings is 1. The number of hydrogen-bond donors (Lipinski definition) is 2. The Balaban J connectivity index is 1.44. The molecule has 12 heteroatoms. The molecule has 9 nitrogen and oxygen atoms in total. The van der Waals surface area contributed by atoms with Crippen LogP contribution >= 0.6 is 15.9 Å². The van der Waals surface area contributed by atoms with Crippen LogP contribution in [0.15, 0.2) is 41.1 Å². The Morgan fingerprint density at radius 2 is 2.18 bits per heavy atom. The van der Waals surface area contributed by atoms with Crippen molar-refractivity contribution >= 4 is 49.4 Å². The molecule has 1 fully saturated rings. The summed E-state index contributed by atoms with van der Waals surface area (Å²) in [5, 5.41) is 3.67. The Hall–Kier alpha value is -2.38. The van der Waals surface area contributed by atoms with Gasteiger partial charge in [-0.25, -0.2) is 18.6 Å². The van der Waals surface area contributed by atoms with Crippen LogP contribution in [-0.4, -0.2) is 69.0 Å². The molecule has 0 aliphatic carbocycles. The zero-order valence-corrected chi connectivity index (χ0v) is 20.8. The Morgan fingerprint density at radius 1 is 1.32 bits per heavy atom. The van der Waals surface area contributed by atoms with Gasteiger partial charge in [0, 0.05) is 35.6 Å². The molecule has 3 aromatic rings. The highest BCUT2D eigenvalue weighted by Gasteiger charge is 2.24. The minimum atomic E-state index is -2.00. The second kappa shape index (κ2) is 11.4. The van der Waals surface area contributed by atoms with Crippen LogP contribution in [0.4, 0.5) is 15.9 Å². The van der Waals surface area contributed by atoms with Gasteiger partial charge in [0.1, 0.15) is 18.0 Å². The molecule has 0 bridgehead atoms. The minimum absolute atomic E-state index is 0.290. The number of benzene rings is 2. The second-order valence-electron chi connectivity index (χ2n) is 7.57. The molecule has 0 radical (unpaired) electrons. The first-order valence-electron chi connectivity index (χ1n) is 10.6. The van der Waals surface area contributed by atoms with Crippen LogP contribution in [0, 0.1) is 5.82 Å². The summed E-state index contributed by atoms with van der Waals surface area (Å²) in [5.74, 6) is 1.07. The van der Waals surface area contributed by atoms with Crippen molar-refractivity contribution in [3.05, 3.63) is 46.9 Å². The lowest BCUT2D eigenvalue weighted by molar-refractivity contribution is 0.0110. The van der Waals surface area contributed by atoms with Gasteiger partial charge in [-0.05, 0) is 30.7 Å². The van der Waals surface area contributed by atoms with E-state index >= 15 is 0 Å². The van der Waals surface area contributed by atoms with E-state index in [1.54, 1.807) is 31.4 Å². The lowest BCUT2D eigenvalue weighted by Gasteiger charge is -2.30. The smallest absolute Gasteiger partial charge is 0.184 e. The average molecular weight is 555 g/mol. The second-order valence-corrected chi connectivity index (χ2v) is 9.56. The molecule has 0 amide bonds. The van der Waals surface area contributed by atoms with Gasteiger partial charge in [0.15, 0.2) is 28.0 Å². The van der Waals surface area contributed by atoms with Gasteiger partial charge in [0.25, 0.3) is 0 Å². The number of fused-ring (bicyclic) bond motifs is 1. The normalized spacial score (nSPS) is 17.5. The molecular weight excluding hydrogens is 531 g/mol. The first kappa shape index (κ1) is 24.7. The van der Waals surface area contributed by atoms with Gasteiger partial charge in [0.2, 0.25) is 0 Å². The summed E-state index contributed by atoms with van der Waals surface area (Å²) in [6.07, 6.45) is 2.11. The summed E-state index contributed by atoms with van der Waals surface area (Å²) < 4.78 is 52.2. The summed E-state index contributed by atoms with van der Waals surface area (Å²) in [6.45, 7) is 2.68. The fourth-order valence-electron chi connectivity index (χ4n) is 3.62. The zero-order chi connectivity index (χ0) is 24.1. The summed E-state index contributed by atoms with van der Waals surface area (Å²) >= 11 is 1.25. The Kier molecular flexibility index (Phi) is 8.27. The van der Waals surface area contributed by atoms with Gasteiger partial charge >= 0.3 is 0 Å². The van der Waals surface area contributed by atoms with E-state index in [4.69, 9.17) is 14.2 Å². The highest BCUT2D eigenvalue weighted by Crippen LogP contribution is 2.35. The minimum Gasteiger partial charge on any atom is -0.493 e. The third kappa shape index (κ3) is 5.99. The monoisotopic (exact) mass is 554 g/mol. The van der Waals surface area contributed by atoms with E-state index in [2.05, 4.69) is 36.1 Å². The number of ether oxygens (including phenoxy) is 3. The van der Waals surface area contributed by atoms with Crippen LogP contribution in [-0.2, 0) is 15.8 Å². The molecule has 2 unspecified atom stereocenters. The van der Waals surface area contributed by atoms with Crippen LogP contribution in [0.2, 0.25) is 0 Å². The fourth-order valence-corrected chi connectivity index (χ4v) is 4.50. The molecule has 0 spiro atoms. The number of halogens is 2. The van der Waals surface area contributed by atoms with E-state index in [9.17, 15) is 13.2 Å². The maximum Gasteiger partial charge on any atom is 0.184 e. The predicted octanol–water partition coefficient (Wildman–Crippen LogP) is 3.93. The molecule has 4 rings (SSSR count). The SMILES string of the molecule is COc1cc2c(Nc3ccc(Br)cc3F)ncnc2cc1OCCCN1CCOC(S(=O)O)C1.